The molecule has 0 bridgehead atoms. The SMILES string of the molecule is CC(C)(C)OC(=O)N1[C@@H](C2CC2)CC(=O)C[C@H]1C1CC1. The molecule has 3 fully saturated rings. The summed E-state index contributed by atoms with van der Waals surface area (Å²) in [7, 11) is 0. The summed E-state index contributed by atoms with van der Waals surface area (Å²) in [6.07, 6.45) is 5.45. The van der Waals surface area contributed by atoms with Crippen LogP contribution in [0.25, 0.3) is 0 Å². The molecule has 0 aromatic heterocycles. The van der Waals surface area contributed by atoms with Gasteiger partial charge in [-0.2, -0.15) is 0 Å². The molecule has 0 aromatic rings. The van der Waals surface area contributed by atoms with Crippen LogP contribution in [0.4, 0.5) is 4.79 Å². The van der Waals surface area contributed by atoms with E-state index in [4.69, 9.17) is 4.74 Å². The molecule has 3 aliphatic rings. The summed E-state index contributed by atoms with van der Waals surface area (Å²) in [5.41, 5.74) is -0.471. The van der Waals surface area contributed by atoms with Crippen LogP contribution in [0.5, 0.6) is 0 Å². The van der Waals surface area contributed by atoms with Crippen LogP contribution < -0.4 is 0 Å². The monoisotopic (exact) mass is 279 g/mol. The number of rotatable bonds is 2. The lowest BCUT2D eigenvalue weighted by atomic mass is 9.89. The van der Waals surface area contributed by atoms with E-state index in [9.17, 15) is 9.59 Å². The van der Waals surface area contributed by atoms with Crippen LogP contribution in [0, 0.1) is 11.8 Å². The minimum atomic E-state index is -0.471. The standard InChI is InChI=1S/C16H25NO3/c1-16(2,3)20-15(19)17-13(10-4-5-10)8-12(18)9-14(17)11-6-7-11/h10-11,13-14H,4-9H2,1-3H3/t13-,14+. The molecule has 1 aliphatic heterocycles. The number of piperidine rings is 1. The second-order valence-electron chi connectivity index (χ2n) is 7.64. The lowest BCUT2D eigenvalue weighted by Gasteiger charge is -2.42. The van der Waals surface area contributed by atoms with Crippen LogP contribution in [-0.2, 0) is 9.53 Å². The molecule has 0 unspecified atom stereocenters. The van der Waals surface area contributed by atoms with E-state index < -0.39 is 5.60 Å². The van der Waals surface area contributed by atoms with Gasteiger partial charge in [-0.25, -0.2) is 4.79 Å². The average Bonchev–Trinajstić information content (AvgIpc) is 3.17. The summed E-state index contributed by atoms with van der Waals surface area (Å²) >= 11 is 0. The fourth-order valence-electron chi connectivity index (χ4n) is 3.33. The number of hydrogen-bond donors (Lipinski definition) is 0. The summed E-state index contributed by atoms with van der Waals surface area (Å²) in [4.78, 5) is 26.6. The number of carbonyl (C=O) groups excluding carboxylic acids is 2. The number of carbonyl (C=O) groups is 2. The van der Waals surface area contributed by atoms with Crippen LogP contribution in [0.3, 0.4) is 0 Å². The average molecular weight is 279 g/mol. The molecule has 1 amide bonds. The maximum Gasteiger partial charge on any atom is 0.410 e. The number of hydrogen-bond acceptors (Lipinski definition) is 3. The van der Waals surface area contributed by atoms with E-state index in [1.807, 2.05) is 25.7 Å². The van der Waals surface area contributed by atoms with Gasteiger partial charge in [-0.3, -0.25) is 4.79 Å². The molecule has 0 N–H and O–H groups in total. The first-order chi connectivity index (χ1) is 9.35. The largest absolute Gasteiger partial charge is 0.444 e. The van der Waals surface area contributed by atoms with Crippen molar-refractivity contribution in [3.8, 4) is 0 Å². The van der Waals surface area contributed by atoms with Gasteiger partial charge in [0.25, 0.3) is 0 Å². The fourth-order valence-corrected chi connectivity index (χ4v) is 3.33. The minimum Gasteiger partial charge on any atom is -0.444 e. The topological polar surface area (TPSA) is 46.6 Å². The van der Waals surface area contributed by atoms with Gasteiger partial charge >= 0.3 is 6.09 Å². The lowest BCUT2D eigenvalue weighted by Crippen LogP contribution is -2.55. The highest BCUT2D eigenvalue weighted by atomic mass is 16.6. The Hall–Kier alpha value is -1.06. The Kier molecular flexibility index (Phi) is 3.30. The van der Waals surface area contributed by atoms with E-state index in [0.717, 1.165) is 25.7 Å². The predicted molar refractivity (Wildman–Crippen MR) is 75.3 cm³/mol. The van der Waals surface area contributed by atoms with E-state index in [0.29, 0.717) is 30.5 Å². The third kappa shape index (κ3) is 2.99. The van der Waals surface area contributed by atoms with E-state index in [1.54, 1.807) is 0 Å². The summed E-state index contributed by atoms with van der Waals surface area (Å²) in [5.74, 6) is 1.37. The number of ketones is 1. The van der Waals surface area contributed by atoms with Crippen molar-refractivity contribution in [3.05, 3.63) is 0 Å². The van der Waals surface area contributed by atoms with Crippen molar-refractivity contribution in [2.45, 2.75) is 77.0 Å². The molecule has 4 nitrogen and oxygen atoms in total. The summed E-state index contributed by atoms with van der Waals surface area (Å²) in [6.45, 7) is 5.70. The van der Waals surface area contributed by atoms with Gasteiger partial charge in [-0.15, -0.1) is 0 Å². The van der Waals surface area contributed by atoms with Crippen LogP contribution in [0.2, 0.25) is 0 Å². The molecule has 4 heteroatoms. The first-order valence-electron chi connectivity index (χ1n) is 7.88. The molecule has 0 radical (unpaired) electrons. The molecule has 20 heavy (non-hydrogen) atoms. The van der Waals surface area contributed by atoms with Crippen molar-refractivity contribution in [3.63, 3.8) is 0 Å². The predicted octanol–water partition coefficient (Wildman–Crippen LogP) is 3.14. The van der Waals surface area contributed by atoms with Crippen LogP contribution in [-0.4, -0.2) is 34.5 Å². The van der Waals surface area contributed by atoms with E-state index >= 15 is 0 Å². The van der Waals surface area contributed by atoms with Crippen molar-refractivity contribution < 1.29 is 14.3 Å². The molecule has 0 aromatic carbocycles. The highest BCUT2D eigenvalue weighted by molar-refractivity contribution is 5.83. The van der Waals surface area contributed by atoms with Crippen molar-refractivity contribution in [1.82, 2.24) is 4.90 Å². The maximum atomic E-state index is 12.6. The Labute approximate surface area is 120 Å². The zero-order valence-corrected chi connectivity index (χ0v) is 12.7. The van der Waals surface area contributed by atoms with Gasteiger partial charge in [0, 0.05) is 24.9 Å². The molecule has 0 spiro atoms. The molecular formula is C16H25NO3. The third-order valence-corrected chi connectivity index (χ3v) is 4.52. The number of amides is 1. The van der Waals surface area contributed by atoms with E-state index in [2.05, 4.69) is 0 Å². The lowest BCUT2D eigenvalue weighted by molar-refractivity contribution is -0.126. The van der Waals surface area contributed by atoms with Gasteiger partial charge in [0.15, 0.2) is 0 Å². The molecule has 2 saturated carbocycles. The van der Waals surface area contributed by atoms with Crippen molar-refractivity contribution >= 4 is 11.9 Å². The molecule has 2 atom stereocenters. The summed E-state index contributed by atoms with van der Waals surface area (Å²) in [5, 5.41) is 0. The molecular weight excluding hydrogens is 254 g/mol. The zero-order chi connectivity index (χ0) is 14.5. The first-order valence-corrected chi connectivity index (χ1v) is 7.88. The van der Waals surface area contributed by atoms with E-state index in [-0.39, 0.29) is 18.2 Å². The fraction of sp³-hybridized carbons (Fsp3) is 0.875. The van der Waals surface area contributed by atoms with Gasteiger partial charge in [0.05, 0.1) is 0 Å². The molecule has 1 saturated heterocycles. The Morgan fingerprint density at radius 3 is 1.85 bits per heavy atom. The van der Waals surface area contributed by atoms with Gasteiger partial charge in [-0.1, -0.05) is 0 Å². The first kappa shape index (κ1) is 13.9. The molecule has 2 aliphatic carbocycles. The Bertz CT molecular complexity index is 394. The third-order valence-electron chi connectivity index (χ3n) is 4.52. The Balaban J connectivity index is 1.80. The number of Topliss-reactive ketones (excluding diaryl/α,β-unsaturated/α-hetero) is 1. The highest BCUT2D eigenvalue weighted by Gasteiger charge is 2.50. The van der Waals surface area contributed by atoms with Gasteiger partial charge in [-0.05, 0) is 58.3 Å². The van der Waals surface area contributed by atoms with Crippen LogP contribution >= 0.6 is 0 Å². The summed E-state index contributed by atoms with van der Waals surface area (Å²) < 4.78 is 5.60. The van der Waals surface area contributed by atoms with Crippen LogP contribution in [0.15, 0.2) is 0 Å². The molecule has 3 rings (SSSR count). The van der Waals surface area contributed by atoms with Crippen molar-refractivity contribution in [2.75, 3.05) is 0 Å². The Morgan fingerprint density at radius 1 is 1.05 bits per heavy atom. The number of nitrogens with zero attached hydrogens (tertiary/aromatic N) is 1. The van der Waals surface area contributed by atoms with Gasteiger partial charge in [0.2, 0.25) is 0 Å². The number of likely N-dealkylation sites (tertiary alicyclic amines) is 1. The minimum absolute atomic E-state index is 0.0942. The van der Waals surface area contributed by atoms with Crippen LogP contribution in [0.1, 0.15) is 59.3 Å². The summed E-state index contributed by atoms with van der Waals surface area (Å²) in [6, 6.07) is 0.188. The Morgan fingerprint density at radius 2 is 1.50 bits per heavy atom. The van der Waals surface area contributed by atoms with Crippen molar-refractivity contribution in [2.24, 2.45) is 11.8 Å². The highest BCUT2D eigenvalue weighted by Crippen LogP contribution is 2.46. The maximum absolute atomic E-state index is 12.6. The van der Waals surface area contributed by atoms with Gasteiger partial charge < -0.3 is 9.64 Å². The van der Waals surface area contributed by atoms with E-state index in [1.165, 1.54) is 0 Å². The molecule has 112 valence electrons. The quantitative estimate of drug-likeness (QED) is 0.780. The zero-order valence-electron chi connectivity index (χ0n) is 12.7. The second-order valence-corrected chi connectivity index (χ2v) is 7.64. The van der Waals surface area contributed by atoms with Gasteiger partial charge in [0.1, 0.15) is 11.4 Å². The van der Waals surface area contributed by atoms with Crippen molar-refractivity contribution in [1.29, 1.82) is 0 Å². The molecule has 1 heterocycles. The normalized spacial score (nSPS) is 31.4. The smallest absolute Gasteiger partial charge is 0.410 e. The number of ether oxygens (including phenoxy) is 1. The second kappa shape index (κ2) is 4.74.